The molecule has 3 nitrogen and oxygen atoms in total. The third-order valence-electron chi connectivity index (χ3n) is 6.85. The number of nitrogens with zero attached hydrogens (tertiary/aromatic N) is 1. The normalized spacial score (nSPS) is 15.9. The molecule has 2 N–H and O–H groups in total. The fourth-order valence-electron chi connectivity index (χ4n) is 4.99. The van der Waals surface area contributed by atoms with Crippen LogP contribution in [0.4, 0.5) is 0 Å². The summed E-state index contributed by atoms with van der Waals surface area (Å²) < 4.78 is 0. The van der Waals surface area contributed by atoms with Crippen LogP contribution in [-0.4, -0.2) is 41.4 Å². The highest BCUT2D eigenvalue weighted by Crippen LogP contribution is 2.37. The van der Waals surface area contributed by atoms with Crippen LogP contribution in [0.1, 0.15) is 60.8 Å². The predicted molar refractivity (Wildman–Crippen MR) is 137 cm³/mol. The quantitative estimate of drug-likeness (QED) is 0.402. The van der Waals surface area contributed by atoms with Crippen molar-refractivity contribution in [3.63, 3.8) is 0 Å². The second-order valence-electron chi connectivity index (χ2n) is 8.93. The molecule has 0 aliphatic carbocycles. The third-order valence-corrected chi connectivity index (χ3v) is 6.85. The lowest BCUT2D eigenvalue weighted by molar-refractivity contribution is 0.222. The van der Waals surface area contributed by atoms with Gasteiger partial charge in [-0.15, -0.1) is 0 Å². The van der Waals surface area contributed by atoms with Gasteiger partial charge in [-0.25, -0.2) is 0 Å². The molecule has 0 atom stereocenters. The number of phenols is 1. The average molecular weight is 442 g/mol. The summed E-state index contributed by atoms with van der Waals surface area (Å²) >= 11 is 0. The van der Waals surface area contributed by atoms with E-state index in [9.17, 15) is 10.2 Å². The zero-order valence-corrected chi connectivity index (χ0v) is 19.6. The van der Waals surface area contributed by atoms with Crippen molar-refractivity contribution in [3.8, 4) is 5.75 Å². The molecule has 3 aromatic carbocycles. The number of likely N-dealkylation sites (tertiary alicyclic amines) is 1. The van der Waals surface area contributed by atoms with Crippen LogP contribution in [0.2, 0.25) is 0 Å². The van der Waals surface area contributed by atoms with Crippen LogP contribution >= 0.6 is 0 Å². The number of aromatic hydroxyl groups is 1. The molecule has 0 radical (unpaired) electrons. The second kappa shape index (κ2) is 11.3. The van der Waals surface area contributed by atoms with Crippen molar-refractivity contribution in [1.29, 1.82) is 0 Å². The number of aliphatic hydroxyl groups excluding tert-OH is 1. The maximum absolute atomic E-state index is 10.2. The van der Waals surface area contributed by atoms with Crippen molar-refractivity contribution >= 4 is 11.1 Å². The Labute approximate surface area is 198 Å². The van der Waals surface area contributed by atoms with Crippen molar-refractivity contribution in [2.75, 3.05) is 26.2 Å². The Morgan fingerprint density at radius 3 is 2.18 bits per heavy atom. The summed E-state index contributed by atoms with van der Waals surface area (Å²) in [5.74, 6) is 0.886. The average Bonchev–Trinajstić information content (AvgIpc) is 2.87. The van der Waals surface area contributed by atoms with Gasteiger partial charge in [-0.05, 0) is 96.8 Å². The largest absolute Gasteiger partial charge is 0.508 e. The maximum atomic E-state index is 10.2. The number of hydrogen-bond acceptors (Lipinski definition) is 3. The highest BCUT2D eigenvalue weighted by molar-refractivity contribution is 5.98. The molecule has 1 fully saturated rings. The molecule has 1 aliphatic rings. The monoisotopic (exact) mass is 441 g/mol. The molecule has 1 saturated heterocycles. The molecular formula is C30H35NO2. The number of hydrogen-bond donors (Lipinski definition) is 2. The number of phenolic OH excluding ortho intramolecular Hbond substituents is 1. The summed E-state index contributed by atoms with van der Waals surface area (Å²) in [7, 11) is 0. The van der Waals surface area contributed by atoms with Crippen LogP contribution in [0.25, 0.3) is 11.1 Å². The molecule has 0 amide bonds. The van der Waals surface area contributed by atoms with Crippen molar-refractivity contribution in [2.45, 2.75) is 38.5 Å². The van der Waals surface area contributed by atoms with Crippen molar-refractivity contribution in [1.82, 2.24) is 4.90 Å². The van der Waals surface area contributed by atoms with E-state index < -0.39 is 0 Å². The van der Waals surface area contributed by atoms with E-state index >= 15 is 0 Å². The maximum Gasteiger partial charge on any atom is 0.116 e. The molecule has 0 spiro atoms. The highest BCUT2D eigenvalue weighted by Gasteiger charge is 2.20. The van der Waals surface area contributed by atoms with E-state index in [1.807, 2.05) is 18.2 Å². The van der Waals surface area contributed by atoms with E-state index in [0.717, 1.165) is 35.2 Å². The van der Waals surface area contributed by atoms with E-state index in [0.29, 0.717) is 12.3 Å². The van der Waals surface area contributed by atoms with E-state index in [-0.39, 0.29) is 12.4 Å². The van der Waals surface area contributed by atoms with Gasteiger partial charge in [-0.2, -0.15) is 0 Å². The van der Waals surface area contributed by atoms with Gasteiger partial charge in [0.15, 0.2) is 0 Å². The van der Waals surface area contributed by atoms with Gasteiger partial charge in [0.05, 0.1) is 0 Å². The lowest BCUT2D eigenvalue weighted by Crippen LogP contribution is -2.32. The van der Waals surface area contributed by atoms with Crippen LogP contribution < -0.4 is 0 Å². The Kier molecular flexibility index (Phi) is 7.98. The van der Waals surface area contributed by atoms with Crippen molar-refractivity contribution in [2.24, 2.45) is 0 Å². The van der Waals surface area contributed by atoms with E-state index in [2.05, 4.69) is 66.4 Å². The molecular weight excluding hydrogens is 406 g/mol. The summed E-state index contributed by atoms with van der Waals surface area (Å²) in [5, 5.41) is 19.8. The number of rotatable bonds is 8. The first-order valence-electron chi connectivity index (χ1n) is 12.2. The predicted octanol–water partition coefficient (Wildman–Crippen LogP) is 6.32. The van der Waals surface area contributed by atoms with Crippen LogP contribution in [-0.2, 0) is 0 Å². The van der Waals surface area contributed by atoms with Gasteiger partial charge in [-0.3, -0.25) is 0 Å². The van der Waals surface area contributed by atoms with E-state index in [1.54, 1.807) is 6.07 Å². The lowest BCUT2D eigenvalue weighted by atomic mass is 9.85. The lowest BCUT2D eigenvalue weighted by Gasteiger charge is -2.31. The van der Waals surface area contributed by atoms with Crippen LogP contribution in [0.3, 0.4) is 0 Å². The minimum Gasteiger partial charge on any atom is -0.508 e. The zero-order chi connectivity index (χ0) is 23.0. The Hall–Kier alpha value is -2.88. The first-order chi connectivity index (χ1) is 16.2. The van der Waals surface area contributed by atoms with Gasteiger partial charge in [0.25, 0.3) is 0 Å². The molecule has 0 saturated carbocycles. The van der Waals surface area contributed by atoms with Crippen LogP contribution in [0, 0.1) is 0 Å². The molecule has 1 heterocycles. The van der Waals surface area contributed by atoms with Gasteiger partial charge < -0.3 is 15.1 Å². The Morgan fingerprint density at radius 2 is 1.55 bits per heavy atom. The molecule has 0 unspecified atom stereocenters. The fraction of sp³-hybridized carbons (Fsp3) is 0.333. The molecule has 1 aliphatic heterocycles. The highest BCUT2D eigenvalue weighted by atomic mass is 16.3. The standard InChI is InChI=1S/C30H35NO2/c1-2-31-19-17-24(18-20-31)23-13-15-26(16-14-23)30(27-10-6-11-28(33)22-27)29(12-7-21-32)25-8-4-3-5-9-25/h3-6,8-11,13-16,22,24,32-33H,2,7,12,17-21H2,1H3. The Morgan fingerprint density at radius 1 is 0.848 bits per heavy atom. The van der Waals surface area contributed by atoms with Gasteiger partial charge in [-0.1, -0.05) is 73.7 Å². The number of piperidine rings is 1. The van der Waals surface area contributed by atoms with Gasteiger partial charge in [0.1, 0.15) is 5.75 Å². The zero-order valence-electron chi connectivity index (χ0n) is 19.6. The first kappa shape index (κ1) is 23.3. The summed E-state index contributed by atoms with van der Waals surface area (Å²) in [6.45, 7) is 5.89. The number of allylic oxidation sites excluding steroid dienone is 1. The van der Waals surface area contributed by atoms with Crippen molar-refractivity contribution in [3.05, 3.63) is 101 Å². The molecule has 0 bridgehead atoms. The second-order valence-corrected chi connectivity index (χ2v) is 8.93. The molecule has 172 valence electrons. The summed E-state index contributed by atoms with van der Waals surface area (Å²) in [4.78, 5) is 2.53. The molecule has 0 aromatic heterocycles. The molecule has 4 rings (SSSR count). The minimum atomic E-state index is 0.152. The summed E-state index contributed by atoms with van der Waals surface area (Å²) in [6.07, 6.45) is 3.89. The van der Waals surface area contributed by atoms with Crippen LogP contribution in [0.15, 0.2) is 78.9 Å². The molecule has 3 heteroatoms. The van der Waals surface area contributed by atoms with Gasteiger partial charge in [0, 0.05) is 6.61 Å². The van der Waals surface area contributed by atoms with Gasteiger partial charge >= 0.3 is 0 Å². The minimum absolute atomic E-state index is 0.152. The SMILES string of the molecule is CCN1CCC(c2ccc(C(=C(CCCO)c3ccccc3)c3cccc(O)c3)cc2)CC1. The smallest absolute Gasteiger partial charge is 0.116 e. The topological polar surface area (TPSA) is 43.7 Å². The van der Waals surface area contributed by atoms with E-state index in [4.69, 9.17) is 0 Å². The Bertz CT molecular complexity index is 1050. The van der Waals surface area contributed by atoms with E-state index in [1.165, 1.54) is 37.1 Å². The van der Waals surface area contributed by atoms with Crippen LogP contribution in [0.5, 0.6) is 5.75 Å². The first-order valence-corrected chi connectivity index (χ1v) is 12.2. The number of benzene rings is 3. The summed E-state index contributed by atoms with van der Waals surface area (Å²) in [5.41, 5.74) is 7.03. The summed E-state index contributed by atoms with van der Waals surface area (Å²) in [6, 6.07) is 27.0. The Balaban J connectivity index is 1.76. The molecule has 3 aromatic rings. The number of aliphatic hydroxyl groups is 1. The third kappa shape index (κ3) is 5.73. The van der Waals surface area contributed by atoms with Gasteiger partial charge in [0.2, 0.25) is 0 Å². The molecule has 33 heavy (non-hydrogen) atoms. The fourth-order valence-corrected chi connectivity index (χ4v) is 4.99. The van der Waals surface area contributed by atoms with Crippen molar-refractivity contribution < 1.29 is 10.2 Å².